The topological polar surface area (TPSA) is 84.2 Å². The molecule has 2 aromatic heterocycles. The Morgan fingerprint density at radius 3 is 2.95 bits per heavy atom. The summed E-state index contributed by atoms with van der Waals surface area (Å²) in [5, 5.41) is 17.5. The van der Waals surface area contributed by atoms with Crippen LogP contribution in [0.15, 0.2) is 23.7 Å². The summed E-state index contributed by atoms with van der Waals surface area (Å²) >= 11 is 1.52. The standard InChI is InChI=1S/C13H15N3O3S/c1-16-8-9(12(15-16)10-4-3-7-20-10)13(19)14-6-2-5-11(17)18/h3-4,7-8H,2,5-6H2,1H3,(H,14,19)(H,17,18). The van der Waals surface area contributed by atoms with E-state index in [9.17, 15) is 9.59 Å². The van der Waals surface area contributed by atoms with Crippen LogP contribution in [-0.4, -0.2) is 33.3 Å². The zero-order chi connectivity index (χ0) is 14.5. The summed E-state index contributed by atoms with van der Waals surface area (Å²) < 4.78 is 1.60. The minimum Gasteiger partial charge on any atom is -0.481 e. The van der Waals surface area contributed by atoms with E-state index < -0.39 is 5.97 Å². The van der Waals surface area contributed by atoms with Gasteiger partial charge in [0.1, 0.15) is 5.69 Å². The van der Waals surface area contributed by atoms with Gasteiger partial charge in [0.05, 0.1) is 10.4 Å². The van der Waals surface area contributed by atoms with Crippen LogP contribution in [0.2, 0.25) is 0 Å². The van der Waals surface area contributed by atoms with Gasteiger partial charge in [-0.3, -0.25) is 14.3 Å². The molecule has 0 bridgehead atoms. The number of amides is 1. The Morgan fingerprint density at radius 1 is 1.50 bits per heavy atom. The van der Waals surface area contributed by atoms with Gasteiger partial charge < -0.3 is 10.4 Å². The molecular weight excluding hydrogens is 278 g/mol. The maximum atomic E-state index is 12.1. The molecule has 0 aliphatic rings. The molecular formula is C13H15N3O3S. The Kier molecular flexibility index (Phi) is 4.52. The van der Waals surface area contributed by atoms with E-state index in [1.807, 2.05) is 17.5 Å². The molecule has 0 aromatic carbocycles. The fourth-order valence-corrected chi connectivity index (χ4v) is 2.51. The van der Waals surface area contributed by atoms with Gasteiger partial charge in [-0.25, -0.2) is 0 Å². The molecule has 7 heteroatoms. The van der Waals surface area contributed by atoms with Crippen LogP contribution in [0.25, 0.3) is 10.6 Å². The lowest BCUT2D eigenvalue weighted by Gasteiger charge is -2.03. The van der Waals surface area contributed by atoms with E-state index in [4.69, 9.17) is 5.11 Å². The van der Waals surface area contributed by atoms with Crippen molar-refractivity contribution in [1.29, 1.82) is 0 Å². The Hall–Kier alpha value is -2.15. The first-order chi connectivity index (χ1) is 9.58. The molecule has 20 heavy (non-hydrogen) atoms. The number of aromatic nitrogens is 2. The molecule has 1 amide bonds. The number of carbonyl (C=O) groups is 2. The summed E-state index contributed by atoms with van der Waals surface area (Å²) in [6, 6.07) is 3.82. The van der Waals surface area contributed by atoms with Crippen LogP contribution in [0.1, 0.15) is 23.2 Å². The second kappa shape index (κ2) is 6.33. The third-order valence-electron chi connectivity index (χ3n) is 2.68. The molecule has 0 unspecified atom stereocenters. The summed E-state index contributed by atoms with van der Waals surface area (Å²) in [6.07, 6.45) is 2.13. The van der Waals surface area contributed by atoms with Crippen molar-refractivity contribution in [2.45, 2.75) is 12.8 Å². The van der Waals surface area contributed by atoms with Crippen molar-refractivity contribution in [3.8, 4) is 10.6 Å². The van der Waals surface area contributed by atoms with Crippen molar-refractivity contribution in [3.63, 3.8) is 0 Å². The lowest BCUT2D eigenvalue weighted by atomic mass is 10.2. The van der Waals surface area contributed by atoms with Crippen molar-refractivity contribution in [1.82, 2.24) is 15.1 Å². The van der Waals surface area contributed by atoms with E-state index in [0.717, 1.165) is 4.88 Å². The molecule has 2 rings (SSSR count). The minimum atomic E-state index is -0.861. The molecule has 0 atom stereocenters. The number of nitrogens with zero attached hydrogens (tertiary/aromatic N) is 2. The molecule has 0 aliphatic heterocycles. The van der Waals surface area contributed by atoms with E-state index in [1.54, 1.807) is 17.9 Å². The van der Waals surface area contributed by atoms with Crippen LogP contribution in [-0.2, 0) is 11.8 Å². The Morgan fingerprint density at radius 2 is 2.30 bits per heavy atom. The van der Waals surface area contributed by atoms with Gasteiger partial charge >= 0.3 is 5.97 Å². The average Bonchev–Trinajstić information content (AvgIpc) is 3.02. The summed E-state index contributed by atoms with van der Waals surface area (Å²) in [6.45, 7) is 0.337. The van der Waals surface area contributed by atoms with Crippen LogP contribution >= 0.6 is 11.3 Å². The fourth-order valence-electron chi connectivity index (χ4n) is 1.79. The average molecular weight is 293 g/mol. The van der Waals surface area contributed by atoms with E-state index in [0.29, 0.717) is 24.2 Å². The van der Waals surface area contributed by atoms with E-state index in [-0.39, 0.29) is 12.3 Å². The molecule has 0 spiro atoms. The summed E-state index contributed by atoms with van der Waals surface area (Å²) in [5.74, 6) is -1.09. The minimum absolute atomic E-state index is 0.0467. The smallest absolute Gasteiger partial charge is 0.303 e. The van der Waals surface area contributed by atoms with Gasteiger partial charge in [-0.2, -0.15) is 5.10 Å². The predicted molar refractivity (Wildman–Crippen MR) is 75.7 cm³/mol. The monoisotopic (exact) mass is 293 g/mol. The van der Waals surface area contributed by atoms with Gasteiger partial charge in [-0.15, -0.1) is 11.3 Å². The van der Waals surface area contributed by atoms with E-state index in [1.165, 1.54) is 11.3 Å². The number of aliphatic carboxylic acids is 1. The zero-order valence-electron chi connectivity index (χ0n) is 11.0. The molecule has 0 radical (unpaired) electrons. The van der Waals surface area contributed by atoms with E-state index >= 15 is 0 Å². The van der Waals surface area contributed by atoms with Crippen LogP contribution in [0.5, 0.6) is 0 Å². The molecule has 2 heterocycles. The number of carboxylic acid groups (broad SMARTS) is 1. The van der Waals surface area contributed by atoms with Crippen molar-refractivity contribution >= 4 is 23.2 Å². The van der Waals surface area contributed by atoms with Crippen LogP contribution in [0.3, 0.4) is 0 Å². The van der Waals surface area contributed by atoms with Gasteiger partial charge in [0.2, 0.25) is 0 Å². The normalized spacial score (nSPS) is 10.4. The quantitative estimate of drug-likeness (QED) is 0.795. The Labute approximate surface area is 120 Å². The molecule has 2 N–H and O–H groups in total. The highest BCUT2D eigenvalue weighted by atomic mass is 32.1. The summed E-state index contributed by atoms with van der Waals surface area (Å²) in [4.78, 5) is 23.4. The third-order valence-corrected chi connectivity index (χ3v) is 3.56. The highest BCUT2D eigenvalue weighted by Gasteiger charge is 2.17. The van der Waals surface area contributed by atoms with Gasteiger partial charge in [-0.1, -0.05) is 6.07 Å². The molecule has 0 saturated heterocycles. The van der Waals surface area contributed by atoms with Gasteiger partial charge in [0.25, 0.3) is 5.91 Å². The first kappa shape index (κ1) is 14.3. The highest BCUT2D eigenvalue weighted by Crippen LogP contribution is 2.26. The predicted octanol–water partition coefficient (Wildman–Crippen LogP) is 1.74. The summed E-state index contributed by atoms with van der Waals surface area (Å²) in [5.41, 5.74) is 1.16. The first-order valence-electron chi connectivity index (χ1n) is 6.15. The van der Waals surface area contributed by atoms with Crippen LogP contribution in [0.4, 0.5) is 0 Å². The lowest BCUT2D eigenvalue weighted by Crippen LogP contribution is -2.25. The van der Waals surface area contributed by atoms with Crippen LogP contribution < -0.4 is 5.32 Å². The zero-order valence-corrected chi connectivity index (χ0v) is 11.8. The number of carboxylic acids is 1. The summed E-state index contributed by atoms with van der Waals surface area (Å²) in [7, 11) is 1.76. The Bertz CT molecular complexity index is 604. The molecule has 2 aromatic rings. The lowest BCUT2D eigenvalue weighted by molar-refractivity contribution is -0.137. The van der Waals surface area contributed by atoms with Crippen molar-refractivity contribution in [3.05, 3.63) is 29.3 Å². The molecule has 0 aliphatic carbocycles. The molecule has 0 saturated carbocycles. The van der Waals surface area contributed by atoms with Gasteiger partial charge in [0.15, 0.2) is 0 Å². The first-order valence-corrected chi connectivity index (χ1v) is 7.03. The van der Waals surface area contributed by atoms with E-state index in [2.05, 4.69) is 10.4 Å². The second-order valence-electron chi connectivity index (χ2n) is 4.30. The molecule has 6 nitrogen and oxygen atoms in total. The number of carbonyl (C=O) groups excluding carboxylic acids is 1. The number of rotatable bonds is 6. The third kappa shape index (κ3) is 3.45. The Balaban J connectivity index is 2.05. The maximum Gasteiger partial charge on any atom is 0.303 e. The van der Waals surface area contributed by atoms with Crippen molar-refractivity contribution in [2.75, 3.05) is 6.54 Å². The van der Waals surface area contributed by atoms with Crippen molar-refractivity contribution < 1.29 is 14.7 Å². The second-order valence-corrected chi connectivity index (χ2v) is 5.24. The van der Waals surface area contributed by atoms with Gasteiger partial charge in [-0.05, 0) is 17.9 Å². The number of thiophene rings is 1. The number of hydrogen-bond donors (Lipinski definition) is 2. The van der Waals surface area contributed by atoms with Crippen molar-refractivity contribution in [2.24, 2.45) is 7.05 Å². The maximum absolute atomic E-state index is 12.1. The van der Waals surface area contributed by atoms with Crippen LogP contribution in [0, 0.1) is 0 Å². The molecule has 106 valence electrons. The number of nitrogens with one attached hydrogen (secondary N) is 1. The number of hydrogen-bond acceptors (Lipinski definition) is 4. The molecule has 0 fully saturated rings. The fraction of sp³-hybridized carbons (Fsp3) is 0.308. The van der Waals surface area contributed by atoms with Gasteiger partial charge in [0, 0.05) is 26.2 Å². The largest absolute Gasteiger partial charge is 0.481 e. The highest BCUT2D eigenvalue weighted by molar-refractivity contribution is 7.13. The SMILES string of the molecule is Cn1cc(C(=O)NCCCC(=O)O)c(-c2cccs2)n1. The number of aryl methyl sites for hydroxylation is 1.